The van der Waals surface area contributed by atoms with Crippen LogP contribution in [0.1, 0.15) is 34.7 Å². The molecule has 3 aliphatic heterocycles. The van der Waals surface area contributed by atoms with E-state index >= 15 is 0 Å². The second kappa shape index (κ2) is 7.05. The fraction of sp³-hybridized carbons (Fsp3) is 0.579. The van der Waals surface area contributed by atoms with E-state index in [2.05, 4.69) is 25.5 Å². The van der Waals surface area contributed by atoms with Crippen molar-refractivity contribution in [2.45, 2.75) is 37.8 Å². The van der Waals surface area contributed by atoms with Crippen LogP contribution in [0.5, 0.6) is 6.01 Å². The first-order valence-corrected chi connectivity index (χ1v) is 9.96. The van der Waals surface area contributed by atoms with Gasteiger partial charge in [-0.15, -0.1) is 0 Å². The summed E-state index contributed by atoms with van der Waals surface area (Å²) in [5, 5.41) is 6.53. The Morgan fingerprint density at radius 1 is 1.25 bits per heavy atom. The maximum absolute atomic E-state index is 12.4. The fourth-order valence-electron chi connectivity index (χ4n) is 4.42. The Labute approximate surface area is 163 Å². The topological polar surface area (TPSA) is 97.2 Å². The Kier molecular flexibility index (Phi) is 4.38. The van der Waals surface area contributed by atoms with Gasteiger partial charge in [0.1, 0.15) is 17.3 Å². The van der Waals surface area contributed by atoms with Crippen LogP contribution in [0.15, 0.2) is 12.4 Å². The van der Waals surface area contributed by atoms with Gasteiger partial charge in [0.25, 0.3) is 5.91 Å². The number of rotatable bonds is 5. The predicted molar refractivity (Wildman–Crippen MR) is 103 cm³/mol. The molecule has 0 radical (unpaired) electrons. The highest BCUT2D eigenvalue weighted by Gasteiger charge is 2.35. The molecule has 0 aliphatic carbocycles. The number of ether oxygens (including phenoxy) is 1. The number of hydrogen-bond acceptors (Lipinski definition) is 7. The minimum absolute atomic E-state index is 0.142. The lowest BCUT2D eigenvalue weighted by Gasteiger charge is -2.35. The number of aromatic nitrogens is 4. The molecule has 2 atom stereocenters. The molecule has 2 unspecified atom stereocenters. The standard InChI is InChI=1S/C19H25N7O2/c1-25-8-7-20-15(25)5-9-28-19-23-16-14(4-6-21-18(16)27)17(24-19)26-10-12-2-3-13(11-26)22-12/h7-8,12-13,22H,2-6,9-11H2,1H3,(H,21,27). The molecular formula is C19H25N7O2. The first-order chi connectivity index (χ1) is 13.7. The summed E-state index contributed by atoms with van der Waals surface area (Å²) in [5.41, 5.74) is 1.40. The Bertz CT molecular complexity index is 884. The van der Waals surface area contributed by atoms with E-state index in [1.54, 1.807) is 6.20 Å². The zero-order valence-electron chi connectivity index (χ0n) is 16.0. The summed E-state index contributed by atoms with van der Waals surface area (Å²) in [4.78, 5) is 28.2. The van der Waals surface area contributed by atoms with Gasteiger partial charge in [-0.25, -0.2) is 4.98 Å². The minimum atomic E-state index is -0.142. The Morgan fingerprint density at radius 3 is 2.82 bits per heavy atom. The van der Waals surface area contributed by atoms with Crippen LogP contribution < -0.4 is 20.3 Å². The molecule has 28 heavy (non-hydrogen) atoms. The van der Waals surface area contributed by atoms with Gasteiger partial charge in [0.05, 0.1) is 6.61 Å². The van der Waals surface area contributed by atoms with E-state index in [-0.39, 0.29) is 11.9 Å². The third-order valence-electron chi connectivity index (χ3n) is 5.83. The largest absolute Gasteiger partial charge is 0.463 e. The Morgan fingerprint density at radius 2 is 2.07 bits per heavy atom. The molecule has 2 bridgehead atoms. The average Bonchev–Trinajstić information content (AvgIpc) is 3.26. The van der Waals surface area contributed by atoms with Crippen LogP contribution in [-0.4, -0.2) is 63.8 Å². The first-order valence-electron chi connectivity index (χ1n) is 9.96. The normalized spacial score (nSPS) is 23.5. The van der Waals surface area contributed by atoms with Crippen molar-refractivity contribution >= 4 is 11.7 Å². The van der Waals surface area contributed by atoms with Crippen molar-refractivity contribution in [3.8, 4) is 6.01 Å². The highest BCUT2D eigenvalue weighted by Crippen LogP contribution is 2.30. The molecule has 0 saturated carbocycles. The number of nitrogens with zero attached hydrogens (tertiary/aromatic N) is 5. The Balaban J connectivity index is 1.40. The van der Waals surface area contributed by atoms with Crippen LogP contribution in [0.25, 0.3) is 0 Å². The van der Waals surface area contributed by atoms with E-state index in [1.807, 2.05) is 17.8 Å². The lowest BCUT2D eigenvalue weighted by atomic mass is 10.1. The van der Waals surface area contributed by atoms with E-state index in [0.29, 0.717) is 37.4 Å². The second-order valence-corrected chi connectivity index (χ2v) is 7.76. The zero-order chi connectivity index (χ0) is 19.1. The van der Waals surface area contributed by atoms with E-state index in [9.17, 15) is 4.79 Å². The van der Waals surface area contributed by atoms with Crippen molar-refractivity contribution in [3.05, 3.63) is 29.5 Å². The molecule has 2 N–H and O–H groups in total. The third kappa shape index (κ3) is 3.19. The van der Waals surface area contributed by atoms with Gasteiger partial charge in [-0.05, 0) is 19.3 Å². The highest BCUT2D eigenvalue weighted by atomic mass is 16.5. The summed E-state index contributed by atoms with van der Waals surface area (Å²) < 4.78 is 7.82. The molecule has 2 aromatic rings. The van der Waals surface area contributed by atoms with Crippen molar-refractivity contribution in [1.82, 2.24) is 30.2 Å². The van der Waals surface area contributed by atoms with Crippen molar-refractivity contribution in [3.63, 3.8) is 0 Å². The number of aryl methyl sites for hydroxylation is 1. The molecule has 1 amide bonds. The molecule has 9 heteroatoms. The molecule has 9 nitrogen and oxygen atoms in total. The summed E-state index contributed by atoms with van der Waals surface area (Å²) in [7, 11) is 1.96. The van der Waals surface area contributed by atoms with Crippen LogP contribution in [0, 0.1) is 0 Å². The molecule has 148 valence electrons. The van der Waals surface area contributed by atoms with Crippen molar-refractivity contribution in [2.75, 3.05) is 31.1 Å². The molecule has 2 aromatic heterocycles. The molecule has 2 saturated heterocycles. The summed E-state index contributed by atoms with van der Waals surface area (Å²) in [6.45, 7) is 2.86. The number of imidazole rings is 1. The van der Waals surface area contributed by atoms with Crippen molar-refractivity contribution in [2.24, 2.45) is 7.05 Å². The number of carbonyl (C=O) groups excluding carboxylic acids is 1. The fourth-order valence-corrected chi connectivity index (χ4v) is 4.42. The van der Waals surface area contributed by atoms with E-state index in [1.165, 1.54) is 12.8 Å². The smallest absolute Gasteiger partial charge is 0.319 e. The van der Waals surface area contributed by atoms with E-state index in [0.717, 1.165) is 36.7 Å². The lowest BCUT2D eigenvalue weighted by molar-refractivity contribution is 0.0938. The minimum Gasteiger partial charge on any atom is -0.463 e. The van der Waals surface area contributed by atoms with Gasteiger partial charge < -0.3 is 24.8 Å². The van der Waals surface area contributed by atoms with Gasteiger partial charge in [-0.2, -0.15) is 9.97 Å². The van der Waals surface area contributed by atoms with Crippen LogP contribution in [-0.2, 0) is 19.9 Å². The van der Waals surface area contributed by atoms with Crippen LogP contribution in [0.4, 0.5) is 5.82 Å². The van der Waals surface area contributed by atoms with E-state index < -0.39 is 0 Å². The van der Waals surface area contributed by atoms with Crippen LogP contribution in [0.2, 0.25) is 0 Å². The summed E-state index contributed by atoms with van der Waals surface area (Å²) in [5.74, 6) is 1.66. The number of hydrogen-bond donors (Lipinski definition) is 2. The number of nitrogens with one attached hydrogen (secondary N) is 2. The molecule has 3 aliphatic rings. The number of amides is 1. The SMILES string of the molecule is Cn1ccnc1CCOc1nc2c(c(N3CC4CCC(C3)N4)n1)CCNC2=O. The number of fused-ring (bicyclic) bond motifs is 3. The predicted octanol–water partition coefficient (Wildman–Crippen LogP) is 0.0581. The number of carbonyl (C=O) groups is 1. The van der Waals surface area contributed by atoms with Gasteiger partial charge in [0.2, 0.25) is 0 Å². The monoisotopic (exact) mass is 383 g/mol. The van der Waals surface area contributed by atoms with Gasteiger partial charge in [-0.3, -0.25) is 4.79 Å². The van der Waals surface area contributed by atoms with Gasteiger partial charge in [0.15, 0.2) is 0 Å². The quantitative estimate of drug-likeness (QED) is 0.753. The number of piperazine rings is 1. The summed E-state index contributed by atoms with van der Waals surface area (Å²) >= 11 is 0. The third-order valence-corrected chi connectivity index (χ3v) is 5.83. The molecule has 2 fully saturated rings. The van der Waals surface area contributed by atoms with E-state index in [4.69, 9.17) is 9.72 Å². The lowest BCUT2D eigenvalue weighted by Crippen LogP contribution is -2.52. The zero-order valence-corrected chi connectivity index (χ0v) is 16.0. The van der Waals surface area contributed by atoms with Gasteiger partial charge in [-0.1, -0.05) is 0 Å². The molecule has 0 aromatic carbocycles. The molecule has 5 heterocycles. The average molecular weight is 383 g/mol. The molecule has 5 rings (SSSR count). The van der Waals surface area contributed by atoms with Gasteiger partial charge >= 0.3 is 6.01 Å². The summed E-state index contributed by atoms with van der Waals surface area (Å²) in [6.07, 6.45) is 7.48. The first kappa shape index (κ1) is 17.4. The van der Waals surface area contributed by atoms with Crippen molar-refractivity contribution in [1.29, 1.82) is 0 Å². The Hall–Kier alpha value is -2.68. The van der Waals surface area contributed by atoms with Gasteiger partial charge in [0, 0.05) is 63.1 Å². The highest BCUT2D eigenvalue weighted by molar-refractivity contribution is 5.96. The molecule has 0 spiro atoms. The van der Waals surface area contributed by atoms with Crippen LogP contribution >= 0.6 is 0 Å². The van der Waals surface area contributed by atoms with Crippen LogP contribution in [0.3, 0.4) is 0 Å². The maximum Gasteiger partial charge on any atom is 0.319 e. The maximum atomic E-state index is 12.4. The molecular weight excluding hydrogens is 358 g/mol. The number of anilines is 1. The summed E-state index contributed by atoms with van der Waals surface area (Å²) in [6, 6.07) is 1.26. The van der Waals surface area contributed by atoms with Crippen molar-refractivity contribution < 1.29 is 9.53 Å². The second-order valence-electron chi connectivity index (χ2n) is 7.76.